The Morgan fingerprint density at radius 1 is 1.57 bits per heavy atom. The van der Waals surface area contributed by atoms with Gasteiger partial charge >= 0.3 is 0 Å². The van der Waals surface area contributed by atoms with Crippen molar-refractivity contribution in [3.63, 3.8) is 0 Å². The number of piperazine rings is 1. The number of likely N-dealkylation sites (N-methyl/N-ethyl adjacent to an activating group) is 2. The van der Waals surface area contributed by atoms with E-state index in [1.165, 1.54) is 0 Å². The second-order valence-corrected chi connectivity index (χ2v) is 3.77. The Bertz CT molecular complexity index is 197. The van der Waals surface area contributed by atoms with Gasteiger partial charge in [-0.2, -0.15) is 0 Å². The summed E-state index contributed by atoms with van der Waals surface area (Å²) < 4.78 is 0. The smallest absolute Gasteiger partial charge is 0.236 e. The molecule has 1 rings (SSSR count). The molecule has 5 nitrogen and oxygen atoms in total. The Morgan fingerprint density at radius 2 is 2.29 bits per heavy atom. The van der Waals surface area contributed by atoms with Crippen molar-refractivity contribution in [1.82, 2.24) is 15.1 Å². The third-order valence-corrected chi connectivity index (χ3v) is 2.61. The number of nitrogens with two attached hydrogens (primary N) is 1. The van der Waals surface area contributed by atoms with Crippen molar-refractivity contribution in [3.8, 4) is 0 Å². The fourth-order valence-electron chi connectivity index (χ4n) is 1.79. The average molecular weight is 200 g/mol. The highest BCUT2D eigenvalue weighted by molar-refractivity contribution is 5.78. The summed E-state index contributed by atoms with van der Waals surface area (Å²) in [6.07, 6.45) is 0. The first-order valence-electron chi connectivity index (χ1n) is 5.01. The van der Waals surface area contributed by atoms with Gasteiger partial charge in [0.25, 0.3) is 0 Å². The Hall–Kier alpha value is -0.650. The molecule has 82 valence electrons. The molecule has 0 aromatic heterocycles. The van der Waals surface area contributed by atoms with Crippen LogP contribution < -0.4 is 11.1 Å². The number of nitrogens with zero attached hydrogens (tertiary/aromatic N) is 2. The minimum Gasteiger partial charge on any atom is -0.335 e. The van der Waals surface area contributed by atoms with Crippen LogP contribution in [0.25, 0.3) is 0 Å². The quantitative estimate of drug-likeness (QED) is 0.570. The van der Waals surface area contributed by atoms with Crippen LogP contribution in [-0.2, 0) is 4.79 Å². The first kappa shape index (κ1) is 11.4. The molecule has 1 aliphatic rings. The van der Waals surface area contributed by atoms with Gasteiger partial charge in [0.2, 0.25) is 5.91 Å². The monoisotopic (exact) mass is 200 g/mol. The van der Waals surface area contributed by atoms with Crippen molar-refractivity contribution >= 4 is 5.91 Å². The molecule has 1 heterocycles. The van der Waals surface area contributed by atoms with E-state index >= 15 is 0 Å². The molecule has 0 aliphatic carbocycles. The lowest BCUT2D eigenvalue weighted by atomic mass is 10.1. The molecule has 0 aromatic rings. The maximum Gasteiger partial charge on any atom is 0.236 e. The van der Waals surface area contributed by atoms with Gasteiger partial charge in [-0.15, -0.1) is 0 Å². The molecule has 0 saturated carbocycles. The minimum absolute atomic E-state index is 0.149. The summed E-state index contributed by atoms with van der Waals surface area (Å²) in [5.74, 6) is 0.149. The van der Waals surface area contributed by atoms with E-state index in [4.69, 9.17) is 5.73 Å². The van der Waals surface area contributed by atoms with Crippen LogP contribution in [-0.4, -0.2) is 68.6 Å². The molecule has 0 radical (unpaired) electrons. The lowest BCUT2D eigenvalue weighted by molar-refractivity contribution is -0.134. The summed E-state index contributed by atoms with van der Waals surface area (Å²) in [7, 11) is 3.84. The van der Waals surface area contributed by atoms with Gasteiger partial charge in [0.05, 0.1) is 12.6 Å². The highest BCUT2D eigenvalue weighted by Gasteiger charge is 2.27. The van der Waals surface area contributed by atoms with Gasteiger partial charge in [-0.25, -0.2) is 0 Å². The minimum atomic E-state index is 0.149. The molecule has 1 saturated heterocycles. The van der Waals surface area contributed by atoms with E-state index in [2.05, 4.69) is 17.3 Å². The topological polar surface area (TPSA) is 61.6 Å². The lowest BCUT2D eigenvalue weighted by Crippen LogP contribution is -2.58. The predicted octanol–water partition coefficient (Wildman–Crippen LogP) is -1.69. The number of carbonyl (C=O) groups excluding carboxylic acids is 1. The standard InChI is InChI=1S/C9H20N4O/c1-11-6-9(14)13-4-3-12(2)7-8(13)5-10/h8,11H,3-7,10H2,1-2H3/t8-/m0/s1. The second-order valence-electron chi connectivity index (χ2n) is 3.77. The van der Waals surface area contributed by atoms with E-state index < -0.39 is 0 Å². The first-order chi connectivity index (χ1) is 6.69. The largest absolute Gasteiger partial charge is 0.335 e. The average Bonchev–Trinajstić information content (AvgIpc) is 2.17. The van der Waals surface area contributed by atoms with Gasteiger partial charge < -0.3 is 20.9 Å². The first-order valence-corrected chi connectivity index (χ1v) is 5.01. The highest BCUT2D eigenvalue weighted by atomic mass is 16.2. The van der Waals surface area contributed by atoms with E-state index in [1.807, 2.05) is 4.90 Å². The third-order valence-electron chi connectivity index (χ3n) is 2.61. The number of nitrogens with one attached hydrogen (secondary N) is 1. The molecule has 0 spiro atoms. The Kier molecular flexibility index (Phi) is 4.31. The molecule has 0 unspecified atom stereocenters. The van der Waals surface area contributed by atoms with Crippen molar-refractivity contribution in [2.45, 2.75) is 6.04 Å². The molecular weight excluding hydrogens is 180 g/mol. The van der Waals surface area contributed by atoms with Gasteiger partial charge in [-0.05, 0) is 14.1 Å². The molecule has 5 heteroatoms. The summed E-state index contributed by atoms with van der Waals surface area (Å²) in [6.45, 7) is 3.55. The summed E-state index contributed by atoms with van der Waals surface area (Å²) in [6, 6.07) is 0.176. The number of amides is 1. The summed E-state index contributed by atoms with van der Waals surface area (Å²) >= 11 is 0. The Labute approximate surface area is 85.2 Å². The van der Waals surface area contributed by atoms with Crippen LogP contribution in [0.3, 0.4) is 0 Å². The maximum atomic E-state index is 11.7. The second kappa shape index (κ2) is 5.29. The van der Waals surface area contributed by atoms with Gasteiger partial charge in [0, 0.05) is 26.2 Å². The number of hydrogen-bond donors (Lipinski definition) is 2. The van der Waals surface area contributed by atoms with E-state index in [-0.39, 0.29) is 11.9 Å². The van der Waals surface area contributed by atoms with Crippen LogP contribution in [0.4, 0.5) is 0 Å². The Balaban J connectivity index is 2.53. The van der Waals surface area contributed by atoms with Gasteiger partial charge in [-0.1, -0.05) is 0 Å². The zero-order valence-electron chi connectivity index (χ0n) is 8.99. The van der Waals surface area contributed by atoms with Gasteiger partial charge in [0.15, 0.2) is 0 Å². The maximum absolute atomic E-state index is 11.7. The van der Waals surface area contributed by atoms with Crippen LogP contribution in [0.15, 0.2) is 0 Å². The molecule has 0 bridgehead atoms. The summed E-state index contributed by atoms with van der Waals surface area (Å²) in [4.78, 5) is 15.8. The van der Waals surface area contributed by atoms with Gasteiger partial charge in [0.1, 0.15) is 0 Å². The van der Waals surface area contributed by atoms with Crippen LogP contribution in [0, 0.1) is 0 Å². The molecule has 1 fully saturated rings. The van der Waals surface area contributed by atoms with Gasteiger partial charge in [-0.3, -0.25) is 4.79 Å². The van der Waals surface area contributed by atoms with E-state index in [1.54, 1.807) is 7.05 Å². The number of hydrogen-bond acceptors (Lipinski definition) is 4. The van der Waals surface area contributed by atoms with Crippen molar-refractivity contribution in [2.24, 2.45) is 5.73 Å². The van der Waals surface area contributed by atoms with Crippen molar-refractivity contribution in [3.05, 3.63) is 0 Å². The number of rotatable bonds is 3. The highest BCUT2D eigenvalue weighted by Crippen LogP contribution is 2.07. The van der Waals surface area contributed by atoms with Crippen LogP contribution in [0.1, 0.15) is 0 Å². The number of carbonyl (C=O) groups is 1. The predicted molar refractivity (Wildman–Crippen MR) is 56.0 cm³/mol. The van der Waals surface area contributed by atoms with Crippen molar-refractivity contribution < 1.29 is 4.79 Å². The molecule has 14 heavy (non-hydrogen) atoms. The molecule has 1 atom stereocenters. The summed E-state index contributed by atoms with van der Waals surface area (Å²) in [5, 5.41) is 2.87. The van der Waals surface area contributed by atoms with Crippen LogP contribution >= 0.6 is 0 Å². The Morgan fingerprint density at radius 3 is 2.86 bits per heavy atom. The van der Waals surface area contributed by atoms with Crippen LogP contribution in [0.5, 0.6) is 0 Å². The van der Waals surface area contributed by atoms with E-state index in [9.17, 15) is 4.79 Å². The third kappa shape index (κ3) is 2.67. The molecule has 0 aromatic carbocycles. The van der Waals surface area contributed by atoms with Crippen LogP contribution in [0.2, 0.25) is 0 Å². The SMILES string of the molecule is CNCC(=O)N1CCN(C)C[C@@H]1CN. The van der Waals surface area contributed by atoms with Crippen molar-refractivity contribution in [1.29, 1.82) is 0 Å². The van der Waals surface area contributed by atoms with E-state index in [0.717, 1.165) is 19.6 Å². The summed E-state index contributed by atoms with van der Waals surface area (Å²) in [5.41, 5.74) is 5.65. The molecule has 3 N–H and O–H groups in total. The fraction of sp³-hybridized carbons (Fsp3) is 0.889. The zero-order chi connectivity index (χ0) is 10.6. The fourth-order valence-corrected chi connectivity index (χ4v) is 1.79. The zero-order valence-corrected chi connectivity index (χ0v) is 8.99. The molecule has 1 amide bonds. The lowest BCUT2D eigenvalue weighted by Gasteiger charge is -2.39. The normalized spacial score (nSPS) is 23.9. The molecular formula is C9H20N4O. The molecule has 1 aliphatic heterocycles. The van der Waals surface area contributed by atoms with E-state index in [0.29, 0.717) is 13.1 Å². The van der Waals surface area contributed by atoms with Crippen molar-refractivity contribution in [2.75, 3.05) is 46.8 Å².